The summed E-state index contributed by atoms with van der Waals surface area (Å²) in [7, 11) is 0. The summed E-state index contributed by atoms with van der Waals surface area (Å²) in [5, 5.41) is 2.87. The zero-order valence-electron chi connectivity index (χ0n) is 14.4. The van der Waals surface area contributed by atoms with Gasteiger partial charge in [0, 0.05) is 18.8 Å². The number of halogens is 1. The fraction of sp³-hybridized carbons (Fsp3) is 0.300. The van der Waals surface area contributed by atoms with E-state index in [-0.39, 0.29) is 17.6 Å². The number of rotatable bonds is 4. The number of benzene rings is 2. The highest BCUT2D eigenvalue weighted by Crippen LogP contribution is 2.25. The zero-order valence-corrected chi connectivity index (χ0v) is 14.4. The van der Waals surface area contributed by atoms with Crippen LogP contribution in [0.4, 0.5) is 10.1 Å². The van der Waals surface area contributed by atoms with Gasteiger partial charge in [-0.3, -0.25) is 9.59 Å². The van der Waals surface area contributed by atoms with Crippen LogP contribution in [0.1, 0.15) is 23.1 Å². The Labute approximate surface area is 146 Å². The summed E-state index contributed by atoms with van der Waals surface area (Å²) in [5.41, 5.74) is 3.91. The first-order valence-corrected chi connectivity index (χ1v) is 8.36. The summed E-state index contributed by atoms with van der Waals surface area (Å²) >= 11 is 0. The van der Waals surface area contributed by atoms with Crippen LogP contribution < -0.4 is 10.2 Å². The molecule has 2 amide bonds. The van der Waals surface area contributed by atoms with Crippen LogP contribution in [0.25, 0.3) is 0 Å². The number of hydrogen-bond donors (Lipinski definition) is 1. The molecule has 1 atom stereocenters. The minimum atomic E-state index is -0.685. The second-order valence-electron chi connectivity index (χ2n) is 6.46. The first kappa shape index (κ1) is 17.1. The number of hydrogen-bond acceptors (Lipinski definition) is 2. The van der Waals surface area contributed by atoms with E-state index in [1.165, 1.54) is 12.1 Å². The number of carbonyl (C=O) groups excluding carboxylic acids is 2. The molecule has 0 aromatic heterocycles. The molecule has 1 fully saturated rings. The molecule has 1 unspecified atom stereocenters. The maximum atomic E-state index is 13.0. The molecule has 1 heterocycles. The fourth-order valence-electron chi connectivity index (χ4n) is 3.10. The average Bonchev–Trinajstić information content (AvgIpc) is 2.98. The Morgan fingerprint density at radius 2 is 1.92 bits per heavy atom. The molecule has 2 aromatic rings. The third-order valence-electron chi connectivity index (χ3n) is 4.62. The SMILES string of the molecule is Cc1ccc(C)c(CNC(=O)C2CCN(c3ccc(F)cc3)C2=O)c1. The van der Waals surface area contributed by atoms with Crippen LogP contribution in [0.5, 0.6) is 0 Å². The van der Waals surface area contributed by atoms with Crippen molar-refractivity contribution in [3.05, 3.63) is 65.0 Å². The highest BCUT2D eigenvalue weighted by Gasteiger charge is 2.37. The second kappa shape index (κ2) is 7.05. The normalized spacial score (nSPS) is 17.0. The molecule has 0 spiro atoms. The van der Waals surface area contributed by atoms with Crippen LogP contribution >= 0.6 is 0 Å². The fourth-order valence-corrected chi connectivity index (χ4v) is 3.10. The first-order valence-electron chi connectivity index (χ1n) is 8.36. The van der Waals surface area contributed by atoms with Gasteiger partial charge in [0.1, 0.15) is 11.7 Å². The molecule has 2 aromatic carbocycles. The van der Waals surface area contributed by atoms with E-state index >= 15 is 0 Å². The molecule has 4 nitrogen and oxygen atoms in total. The number of carbonyl (C=O) groups is 2. The molecule has 0 saturated carbocycles. The number of nitrogens with zero attached hydrogens (tertiary/aromatic N) is 1. The van der Waals surface area contributed by atoms with E-state index in [1.807, 2.05) is 32.0 Å². The Hall–Kier alpha value is -2.69. The standard InChI is InChI=1S/C20H21FN2O2/c1-13-3-4-14(2)15(11-13)12-22-19(24)18-9-10-23(20(18)25)17-7-5-16(21)6-8-17/h3-8,11,18H,9-10,12H2,1-2H3,(H,22,24). The Bertz CT molecular complexity index is 802. The number of anilines is 1. The lowest BCUT2D eigenvalue weighted by Gasteiger charge is -2.17. The van der Waals surface area contributed by atoms with E-state index in [0.29, 0.717) is 25.2 Å². The molecule has 1 aliphatic rings. The van der Waals surface area contributed by atoms with Crippen molar-refractivity contribution >= 4 is 17.5 Å². The summed E-state index contributed by atoms with van der Waals surface area (Å²) in [6, 6.07) is 11.8. The van der Waals surface area contributed by atoms with E-state index in [2.05, 4.69) is 5.32 Å². The highest BCUT2D eigenvalue weighted by molar-refractivity contribution is 6.09. The van der Waals surface area contributed by atoms with Crippen molar-refractivity contribution in [3.63, 3.8) is 0 Å². The Morgan fingerprint density at radius 3 is 2.64 bits per heavy atom. The second-order valence-corrected chi connectivity index (χ2v) is 6.46. The highest BCUT2D eigenvalue weighted by atomic mass is 19.1. The Kier molecular flexibility index (Phi) is 4.83. The van der Waals surface area contributed by atoms with Crippen molar-refractivity contribution in [2.24, 2.45) is 5.92 Å². The van der Waals surface area contributed by atoms with Gasteiger partial charge in [0.25, 0.3) is 0 Å². The van der Waals surface area contributed by atoms with Crippen LogP contribution in [-0.4, -0.2) is 18.4 Å². The van der Waals surface area contributed by atoms with E-state index < -0.39 is 5.92 Å². The maximum Gasteiger partial charge on any atom is 0.239 e. The lowest BCUT2D eigenvalue weighted by molar-refractivity contribution is -0.132. The molecule has 5 heteroatoms. The van der Waals surface area contributed by atoms with Crippen LogP contribution in [0, 0.1) is 25.6 Å². The summed E-state index contributed by atoms with van der Waals surface area (Å²) in [4.78, 5) is 26.5. The van der Waals surface area contributed by atoms with Crippen LogP contribution in [0.3, 0.4) is 0 Å². The van der Waals surface area contributed by atoms with Crippen molar-refractivity contribution in [2.75, 3.05) is 11.4 Å². The van der Waals surface area contributed by atoms with Crippen molar-refractivity contribution in [3.8, 4) is 0 Å². The van der Waals surface area contributed by atoms with Gasteiger partial charge < -0.3 is 10.2 Å². The van der Waals surface area contributed by atoms with E-state index in [1.54, 1.807) is 17.0 Å². The monoisotopic (exact) mass is 340 g/mol. The smallest absolute Gasteiger partial charge is 0.239 e. The molecule has 25 heavy (non-hydrogen) atoms. The third kappa shape index (κ3) is 3.71. The third-order valence-corrected chi connectivity index (χ3v) is 4.62. The minimum Gasteiger partial charge on any atom is -0.351 e. The maximum absolute atomic E-state index is 13.0. The van der Waals surface area contributed by atoms with Gasteiger partial charge in [-0.1, -0.05) is 23.8 Å². The zero-order chi connectivity index (χ0) is 18.0. The number of amides is 2. The molecule has 3 rings (SSSR count). The molecule has 1 saturated heterocycles. The van der Waals surface area contributed by atoms with Gasteiger partial charge in [0.2, 0.25) is 11.8 Å². The van der Waals surface area contributed by atoms with Gasteiger partial charge in [0.15, 0.2) is 0 Å². The van der Waals surface area contributed by atoms with Gasteiger partial charge >= 0.3 is 0 Å². The Morgan fingerprint density at radius 1 is 1.20 bits per heavy atom. The average molecular weight is 340 g/mol. The molecule has 0 bridgehead atoms. The van der Waals surface area contributed by atoms with E-state index in [0.717, 1.165) is 16.7 Å². The molecule has 1 aliphatic heterocycles. The molecule has 1 N–H and O–H groups in total. The van der Waals surface area contributed by atoms with E-state index in [4.69, 9.17) is 0 Å². The summed E-state index contributed by atoms with van der Waals surface area (Å²) in [5.74, 6) is -1.52. The lowest BCUT2D eigenvalue weighted by Crippen LogP contribution is -2.36. The van der Waals surface area contributed by atoms with Crippen molar-refractivity contribution in [1.29, 1.82) is 0 Å². The van der Waals surface area contributed by atoms with Crippen LogP contribution in [0.2, 0.25) is 0 Å². The first-order chi connectivity index (χ1) is 12.0. The predicted octanol–water partition coefficient (Wildman–Crippen LogP) is 3.11. The predicted molar refractivity (Wildman–Crippen MR) is 94.6 cm³/mol. The van der Waals surface area contributed by atoms with Gasteiger partial charge in [0.05, 0.1) is 0 Å². The molecule has 0 aliphatic carbocycles. The minimum absolute atomic E-state index is 0.231. The number of aryl methyl sites for hydroxylation is 2. The molecule has 0 radical (unpaired) electrons. The van der Waals surface area contributed by atoms with Crippen LogP contribution in [-0.2, 0) is 16.1 Å². The quantitative estimate of drug-likeness (QED) is 0.870. The van der Waals surface area contributed by atoms with Crippen LogP contribution in [0.15, 0.2) is 42.5 Å². The lowest BCUT2D eigenvalue weighted by atomic mass is 10.0. The van der Waals surface area contributed by atoms with Crippen molar-refractivity contribution < 1.29 is 14.0 Å². The van der Waals surface area contributed by atoms with Crippen molar-refractivity contribution in [2.45, 2.75) is 26.8 Å². The van der Waals surface area contributed by atoms with Gasteiger partial charge in [-0.05, 0) is 55.7 Å². The summed E-state index contributed by atoms with van der Waals surface area (Å²) < 4.78 is 13.0. The van der Waals surface area contributed by atoms with Gasteiger partial charge in [-0.15, -0.1) is 0 Å². The van der Waals surface area contributed by atoms with Gasteiger partial charge in [-0.2, -0.15) is 0 Å². The summed E-state index contributed by atoms with van der Waals surface area (Å²) in [6.07, 6.45) is 0.467. The van der Waals surface area contributed by atoms with E-state index in [9.17, 15) is 14.0 Å². The largest absolute Gasteiger partial charge is 0.351 e. The summed E-state index contributed by atoms with van der Waals surface area (Å²) in [6.45, 7) is 4.88. The molecule has 130 valence electrons. The van der Waals surface area contributed by atoms with Crippen molar-refractivity contribution in [1.82, 2.24) is 5.32 Å². The number of nitrogens with one attached hydrogen (secondary N) is 1. The molecular formula is C20H21FN2O2. The topological polar surface area (TPSA) is 49.4 Å². The molecular weight excluding hydrogens is 319 g/mol. The Balaban J connectivity index is 1.64. The van der Waals surface area contributed by atoms with Gasteiger partial charge in [-0.25, -0.2) is 4.39 Å².